The largest absolute Gasteiger partial charge is 0.418 e. The first-order chi connectivity index (χ1) is 9.91. The zero-order valence-corrected chi connectivity index (χ0v) is 12.5. The molecule has 1 heterocycles. The molecule has 1 aromatic carbocycles. The van der Waals surface area contributed by atoms with Crippen LogP contribution in [0.4, 0.5) is 24.5 Å². The van der Waals surface area contributed by atoms with Crippen LogP contribution in [0.1, 0.15) is 18.9 Å². The van der Waals surface area contributed by atoms with Crippen LogP contribution in [0.15, 0.2) is 18.2 Å². The van der Waals surface area contributed by atoms with Crippen LogP contribution in [0.25, 0.3) is 0 Å². The van der Waals surface area contributed by atoms with E-state index in [1.54, 1.807) is 12.1 Å². The minimum absolute atomic E-state index is 0.289. The molecule has 0 spiro atoms. The highest BCUT2D eigenvalue weighted by atomic mass is 19.4. The molecule has 1 aliphatic heterocycles. The lowest BCUT2D eigenvalue weighted by Gasteiger charge is -2.35. The second kappa shape index (κ2) is 6.56. The maximum absolute atomic E-state index is 13.3. The van der Waals surface area contributed by atoms with Crippen molar-refractivity contribution in [1.29, 1.82) is 0 Å². The summed E-state index contributed by atoms with van der Waals surface area (Å²) >= 11 is 0. The molecule has 0 bridgehead atoms. The van der Waals surface area contributed by atoms with Crippen LogP contribution in [0.2, 0.25) is 0 Å². The molecular weight excluding hydrogens is 279 g/mol. The van der Waals surface area contributed by atoms with E-state index >= 15 is 0 Å². The molecule has 2 rings (SSSR count). The fourth-order valence-electron chi connectivity index (χ4n) is 2.47. The van der Waals surface area contributed by atoms with Crippen LogP contribution >= 0.6 is 0 Å². The number of rotatable bonds is 4. The Balaban J connectivity index is 2.27. The van der Waals surface area contributed by atoms with E-state index in [0.717, 1.165) is 19.5 Å². The Bertz CT molecular complexity index is 466. The van der Waals surface area contributed by atoms with Crippen LogP contribution in [-0.2, 0) is 6.18 Å². The zero-order chi connectivity index (χ0) is 15.5. The van der Waals surface area contributed by atoms with Gasteiger partial charge in [0.2, 0.25) is 0 Å². The second-order valence-corrected chi connectivity index (χ2v) is 5.45. The standard InChI is InChI=1S/C15H22F3N3/c1-3-6-19-12-4-5-14(13(11-12)15(16,17)18)21-9-7-20(2)8-10-21/h4-5,11,19H,3,6-10H2,1-2H3. The number of benzene rings is 1. The lowest BCUT2D eigenvalue weighted by molar-refractivity contribution is -0.137. The number of likely N-dealkylation sites (N-methyl/N-ethyl adjacent to an activating group) is 1. The highest BCUT2D eigenvalue weighted by Gasteiger charge is 2.35. The number of piperazine rings is 1. The van der Waals surface area contributed by atoms with Crippen molar-refractivity contribution < 1.29 is 13.2 Å². The van der Waals surface area contributed by atoms with Gasteiger partial charge in [-0.05, 0) is 31.7 Å². The SMILES string of the molecule is CCCNc1ccc(N2CCN(C)CC2)c(C(F)(F)F)c1. The minimum Gasteiger partial charge on any atom is -0.385 e. The maximum atomic E-state index is 13.3. The Labute approximate surface area is 123 Å². The number of alkyl halides is 3. The highest BCUT2D eigenvalue weighted by Crippen LogP contribution is 2.38. The molecule has 1 aromatic rings. The molecular formula is C15H22F3N3. The van der Waals surface area contributed by atoms with Gasteiger partial charge in [-0.1, -0.05) is 6.92 Å². The second-order valence-electron chi connectivity index (χ2n) is 5.45. The summed E-state index contributed by atoms with van der Waals surface area (Å²) < 4.78 is 40.0. The van der Waals surface area contributed by atoms with Gasteiger partial charge in [-0.2, -0.15) is 13.2 Å². The normalized spacial score (nSPS) is 17.1. The Hall–Kier alpha value is -1.43. The molecule has 118 valence electrons. The van der Waals surface area contributed by atoms with Gasteiger partial charge in [0.25, 0.3) is 0 Å². The van der Waals surface area contributed by atoms with Crippen molar-refractivity contribution in [2.75, 3.05) is 50.0 Å². The number of nitrogens with zero attached hydrogens (tertiary/aromatic N) is 2. The van der Waals surface area contributed by atoms with Crippen molar-refractivity contribution in [2.45, 2.75) is 19.5 Å². The number of hydrogen-bond donors (Lipinski definition) is 1. The van der Waals surface area contributed by atoms with Gasteiger partial charge < -0.3 is 15.1 Å². The average molecular weight is 301 g/mol. The predicted molar refractivity (Wildman–Crippen MR) is 79.9 cm³/mol. The van der Waals surface area contributed by atoms with E-state index in [0.29, 0.717) is 25.3 Å². The number of anilines is 2. The molecule has 0 atom stereocenters. The maximum Gasteiger partial charge on any atom is 0.418 e. The van der Waals surface area contributed by atoms with E-state index in [9.17, 15) is 13.2 Å². The number of hydrogen-bond acceptors (Lipinski definition) is 3. The monoisotopic (exact) mass is 301 g/mol. The van der Waals surface area contributed by atoms with Crippen LogP contribution in [-0.4, -0.2) is 44.7 Å². The fraction of sp³-hybridized carbons (Fsp3) is 0.600. The van der Waals surface area contributed by atoms with Gasteiger partial charge >= 0.3 is 6.18 Å². The molecule has 0 aromatic heterocycles. The minimum atomic E-state index is -4.33. The van der Waals surface area contributed by atoms with E-state index in [4.69, 9.17) is 0 Å². The molecule has 1 N–H and O–H groups in total. The van der Waals surface area contributed by atoms with E-state index in [1.807, 2.05) is 18.9 Å². The molecule has 0 radical (unpaired) electrons. The van der Waals surface area contributed by atoms with Gasteiger partial charge in [-0.3, -0.25) is 0 Å². The Morgan fingerprint density at radius 2 is 1.81 bits per heavy atom. The molecule has 3 nitrogen and oxygen atoms in total. The third-order valence-corrected chi connectivity index (χ3v) is 3.73. The Morgan fingerprint density at radius 1 is 1.14 bits per heavy atom. The van der Waals surface area contributed by atoms with Crippen LogP contribution in [0.5, 0.6) is 0 Å². The summed E-state index contributed by atoms with van der Waals surface area (Å²) in [7, 11) is 1.99. The lowest BCUT2D eigenvalue weighted by Crippen LogP contribution is -2.45. The van der Waals surface area contributed by atoms with E-state index < -0.39 is 11.7 Å². The predicted octanol–water partition coefficient (Wildman–Crippen LogP) is 3.28. The van der Waals surface area contributed by atoms with E-state index in [1.165, 1.54) is 6.07 Å². The van der Waals surface area contributed by atoms with Gasteiger partial charge in [0.1, 0.15) is 0 Å². The highest BCUT2D eigenvalue weighted by molar-refractivity contribution is 5.62. The molecule has 0 aliphatic carbocycles. The van der Waals surface area contributed by atoms with Gasteiger partial charge in [0, 0.05) is 44.1 Å². The zero-order valence-electron chi connectivity index (χ0n) is 12.5. The van der Waals surface area contributed by atoms with Crippen molar-refractivity contribution in [3.8, 4) is 0 Å². The molecule has 1 fully saturated rings. The first-order valence-electron chi connectivity index (χ1n) is 7.30. The quantitative estimate of drug-likeness (QED) is 0.921. The van der Waals surface area contributed by atoms with Crippen molar-refractivity contribution in [3.63, 3.8) is 0 Å². The number of nitrogens with one attached hydrogen (secondary N) is 1. The molecule has 0 unspecified atom stereocenters. The molecule has 0 amide bonds. The molecule has 1 aliphatic rings. The van der Waals surface area contributed by atoms with E-state index in [2.05, 4.69) is 10.2 Å². The van der Waals surface area contributed by atoms with E-state index in [-0.39, 0.29) is 5.69 Å². The molecule has 1 saturated heterocycles. The van der Waals surface area contributed by atoms with Gasteiger partial charge in [0.15, 0.2) is 0 Å². The summed E-state index contributed by atoms with van der Waals surface area (Å²) in [5.74, 6) is 0. The third kappa shape index (κ3) is 4.03. The molecule has 6 heteroatoms. The van der Waals surface area contributed by atoms with Crippen molar-refractivity contribution >= 4 is 11.4 Å². The first-order valence-corrected chi connectivity index (χ1v) is 7.30. The third-order valence-electron chi connectivity index (χ3n) is 3.73. The summed E-state index contributed by atoms with van der Waals surface area (Å²) in [6, 6.07) is 4.55. The molecule has 21 heavy (non-hydrogen) atoms. The first kappa shape index (κ1) is 15.9. The fourth-order valence-corrected chi connectivity index (χ4v) is 2.47. The number of halogens is 3. The summed E-state index contributed by atoms with van der Waals surface area (Å²) in [5.41, 5.74) is 0.271. The van der Waals surface area contributed by atoms with Crippen molar-refractivity contribution in [3.05, 3.63) is 23.8 Å². The van der Waals surface area contributed by atoms with Gasteiger partial charge in [0.05, 0.1) is 5.56 Å². The Kier molecular flexibility index (Phi) is 4.98. The van der Waals surface area contributed by atoms with Crippen LogP contribution < -0.4 is 10.2 Å². The van der Waals surface area contributed by atoms with Crippen molar-refractivity contribution in [2.24, 2.45) is 0 Å². The van der Waals surface area contributed by atoms with Gasteiger partial charge in [-0.25, -0.2) is 0 Å². The Morgan fingerprint density at radius 3 is 2.38 bits per heavy atom. The molecule has 0 saturated carbocycles. The lowest BCUT2D eigenvalue weighted by atomic mass is 10.1. The summed E-state index contributed by atoms with van der Waals surface area (Å²) in [6.07, 6.45) is -3.45. The average Bonchev–Trinajstić information content (AvgIpc) is 2.45. The summed E-state index contributed by atoms with van der Waals surface area (Å²) in [4.78, 5) is 3.95. The summed E-state index contributed by atoms with van der Waals surface area (Å²) in [5, 5.41) is 3.02. The van der Waals surface area contributed by atoms with Crippen molar-refractivity contribution in [1.82, 2.24) is 4.90 Å². The van der Waals surface area contributed by atoms with Crippen LogP contribution in [0.3, 0.4) is 0 Å². The van der Waals surface area contributed by atoms with Gasteiger partial charge in [-0.15, -0.1) is 0 Å². The smallest absolute Gasteiger partial charge is 0.385 e. The topological polar surface area (TPSA) is 18.5 Å². The van der Waals surface area contributed by atoms with Crippen LogP contribution in [0, 0.1) is 0 Å². The summed E-state index contributed by atoms with van der Waals surface area (Å²) in [6.45, 7) is 5.48.